The summed E-state index contributed by atoms with van der Waals surface area (Å²) in [5.41, 5.74) is 7.57. The average Bonchev–Trinajstić information content (AvgIpc) is 2.39. The third-order valence-corrected chi connectivity index (χ3v) is 3.08. The number of amides is 1. The molecule has 0 fully saturated rings. The van der Waals surface area contributed by atoms with Crippen LogP contribution in [-0.2, 0) is 4.79 Å². The summed E-state index contributed by atoms with van der Waals surface area (Å²) < 4.78 is 5.23. The van der Waals surface area contributed by atoms with Gasteiger partial charge < -0.3 is 15.8 Å². The van der Waals surface area contributed by atoms with E-state index in [0.29, 0.717) is 6.54 Å². The molecule has 0 aliphatic heterocycles. The zero-order valence-electron chi connectivity index (χ0n) is 11.3. The van der Waals surface area contributed by atoms with Gasteiger partial charge in [0.15, 0.2) is 0 Å². The fourth-order valence-electron chi connectivity index (χ4n) is 2.06. The molecule has 4 heteroatoms. The predicted octanol–water partition coefficient (Wildman–Crippen LogP) is 1.57. The van der Waals surface area contributed by atoms with E-state index in [-0.39, 0.29) is 11.8 Å². The monoisotopic (exact) mass is 250 g/mol. The number of likely N-dealkylation sites (N-methyl/N-ethyl adjacent to an activating group) is 1. The second kappa shape index (κ2) is 7.01. The number of carbonyl (C=O) groups is 1. The molecule has 0 spiro atoms. The minimum Gasteiger partial charge on any atom is -0.496 e. The number of aryl methyl sites for hydroxylation is 1. The fraction of sp³-hybridized carbons (Fsp3) is 0.500. The van der Waals surface area contributed by atoms with Gasteiger partial charge in [0, 0.05) is 7.05 Å². The first-order chi connectivity index (χ1) is 8.63. The van der Waals surface area contributed by atoms with Gasteiger partial charge in [-0.2, -0.15) is 0 Å². The van der Waals surface area contributed by atoms with Gasteiger partial charge in [0.1, 0.15) is 5.75 Å². The number of benzene rings is 1. The molecule has 0 heterocycles. The van der Waals surface area contributed by atoms with Crippen LogP contribution in [0.2, 0.25) is 0 Å². The predicted molar refractivity (Wildman–Crippen MR) is 72.8 cm³/mol. The maximum Gasteiger partial charge on any atom is 0.227 e. The van der Waals surface area contributed by atoms with Crippen LogP contribution in [-0.4, -0.2) is 26.6 Å². The van der Waals surface area contributed by atoms with Crippen LogP contribution in [0.15, 0.2) is 18.2 Å². The Balaban J connectivity index is 2.97. The maximum absolute atomic E-state index is 11.9. The van der Waals surface area contributed by atoms with Crippen molar-refractivity contribution in [3.05, 3.63) is 29.3 Å². The quantitative estimate of drug-likeness (QED) is 0.805. The smallest absolute Gasteiger partial charge is 0.227 e. The number of nitrogens with two attached hydrogens (primary N) is 1. The van der Waals surface area contributed by atoms with Crippen LogP contribution in [0.4, 0.5) is 0 Å². The van der Waals surface area contributed by atoms with Gasteiger partial charge in [-0.15, -0.1) is 0 Å². The van der Waals surface area contributed by atoms with E-state index >= 15 is 0 Å². The van der Waals surface area contributed by atoms with Crippen LogP contribution in [0.5, 0.6) is 5.75 Å². The van der Waals surface area contributed by atoms with Gasteiger partial charge in [0.25, 0.3) is 0 Å². The highest BCUT2D eigenvalue weighted by Crippen LogP contribution is 2.26. The van der Waals surface area contributed by atoms with Gasteiger partial charge in [-0.25, -0.2) is 0 Å². The van der Waals surface area contributed by atoms with E-state index in [1.807, 2.05) is 25.1 Å². The van der Waals surface area contributed by atoms with E-state index in [0.717, 1.165) is 29.7 Å². The molecule has 0 aliphatic carbocycles. The lowest BCUT2D eigenvalue weighted by Gasteiger charge is -2.17. The molecular weight excluding hydrogens is 228 g/mol. The topological polar surface area (TPSA) is 64.4 Å². The Hall–Kier alpha value is -1.55. The summed E-state index contributed by atoms with van der Waals surface area (Å²) in [6, 6.07) is 5.86. The molecule has 100 valence electrons. The van der Waals surface area contributed by atoms with Crippen LogP contribution in [0, 0.1) is 6.92 Å². The summed E-state index contributed by atoms with van der Waals surface area (Å²) in [5.74, 6) is 0.740. The Morgan fingerprint density at radius 2 is 2.22 bits per heavy atom. The number of ether oxygens (including phenoxy) is 1. The first-order valence-corrected chi connectivity index (χ1v) is 6.20. The lowest BCUT2D eigenvalue weighted by atomic mass is 9.92. The van der Waals surface area contributed by atoms with Crippen molar-refractivity contribution in [2.75, 3.05) is 20.7 Å². The summed E-state index contributed by atoms with van der Waals surface area (Å²) in [6.07, 6.45) is 1.60. The van der Waals surface area contributed by atoms with E-state index in [9.17, 15) is 4.79 Å². The molecule has 1 unspecified atom stereocenters. The molecule has 1 aromatic rings. The molecule has 1 atom stereocenters. The molecule has 0 radical (unpaired) electrons. The van der Waals surface area contributed by atoms with Gasteiger partial charge in [0.2, 0.25) is 5.91 Å². The number of nitrogens with one attached hydrogen (secondary N) is 1. The summed E-state index contributed by atoms with van der Waals surface area (Å²) in [5, 5.41) is 2.71. The van der Waals surface area contributed by atoms with Crippen LogP contribution in [0.25, 0.3) is 0 Å². The normalized spacial score (nSPS) is 12.0. The number of methoxy groups -OCH3 is 1. The zero-order valence-corrected chi connectivity index (χ0v) is 11.3. The van der Waals surface area contributed by atoms with Gasteiger partial charge in [-0.05, 0) is 43.5 Å². The van der Waals surface area contributed by atoms with Crippen molar-refractivity contribution in [3.63, 3.8) is 0 Å². The maximum atomic E-state index is 11.9. The summed E-state index contributed by atoms with van der Waals surface area (Å²) >= 11 is 0. The van der Waals surface area contributed by atoms with Crippen molar-refractivity contribution in [1.82, 2.24) is 5.32 Å². The molecule has 1 amide bonds. The summed E-state index contributed by atoms with van der Waals surface area (Å²) in [7, 11) is 3.31. The number of hydrogen-bond acceptors (Lipinski definition) is 3. The Morgan fingerprint density at radius 1 is 1.50 bits per heavy atom. The van der Waals surface area contributed by atoms with E-state index in [1.54, 1.807) is 14.2 Å². The van der Waals surface area contributed by atoms with Crippen molar-refractivity contribution in [3.8, 4) is 5.75 Å². The van der Waals surface area contributed by atoms with Crippen LogP contribution in [0.3, 0.4) is 0 Å². The van der Waals surface area contributed by atoms with E-state index in [4.69, 9.17) is 10.5 Å². The molecule has 1 aromatic carbocycles. The van der Waals surface area contributed by atoms with Gasteiger partial charge in [0.05, 0.1) is 13.0 Å². The lowest BCUT2D eigenvalue weighted by molar-refractivity contribution is -0.122. The van der Waals surface area contributed by atoms with E-state index < -0.39 is 0 Å². The summed E-state index contributed by atoms with van der Waals surface area (Å²) in [6.45, 7) is 2.58. The molecular formula is C14H22N2O2. The van der Waals surface area contributed by atoms with Crippen molar-refractivity contribution >= 4 is 5.91 Å². The van der Waals surface area contributed by atoms with Crippen molar-refractivity contribution in [2.24, 2.45) is 5.73 Å². The SMILES string of the molecule is CNC(=O)C(CCCN)c1ccc(OC)c(C)c1. The highest BCUT2D eigenvalue weighted by molar-refractivity contribution is 5.83. The van der Waals surface area contributed by atoms with Crippen LogP contribution in [0.1, 0.15) is 29.9 Å². The molecule has 3 N–H and O–H groups in total. The number of hydrogen-bond donors (Lipinski definition) is 2. The van der Waals surface area contributed by atoms with E-state index in [1.165, 1.54) is 0 Å². The second-order valence-corrected chi connectivity index (χ2v) is 4.33. The molecule has 0 aromatic heterocycles. The number of rotatable bonds is 6. The minimum atomic E-state index is -0.136. The van der Waals surface area contributed by atoms with E-state index in [2.05, 4.69) is 5.32 Å². The third kappa shape index (κ3) is 3.47. The molecule has 0 bridgehead atoms. The number of carbonyl (C=O) groups excluding carboxylic acids is 1. The van der Waals surface area contributed by atoms with Crippen LogP contribution < -0.4 is 15.8 Å². The largest absolute Gasteiger partial charge is 0.496 e. The highest BCUT2D eigenvalue weighted by Gasteiger charge is 2.19. The Labute approximate surface area is 109 Å². The van der Waals surface area contributed by atoms with Crippen LogP contribution >= 0.6 is 0 Å². The summed E-state index contributed by atoms with van der Waals surface area (Å²) in [4.78, 5) is 11.9. The van der Waals surface area contributed by atoms with Crippen molar-refractivity contribution < 1.29 is 9.53 Å². The Morgan fingerprint density at radius 3 is 2.72 bits per heavy atom. The van der Waals surface area contributed by atoms with Gasteiger partial charge in [-0.3, -0.25) is 4.79 Å². The van der Waals surface area contributed by atoms with Gasteiger partial charge in [-0.1, -0.05) is 12.1 Å². The third-order valence-electron chi connectivity index (χ3n) is 3.08. The highest BCUT2D eigenvalue weighted by atomic mass is 16.5. The first-order valence-electron chi connectivity index (χ1n) is 6.20. The average molecular weight is 250 g/mol. The molecule has 0 saturated carbocycles. The van der Waals surface area contributed by atoms with Crippen molar-refractivity contribution in [2.45, 2.75) is 25.7 Å². The standard InChI is InChI=1S/C14H22N2O2/c1-10-9-11(6-7-13(10)18-3)12(5-4-8-15)14(17)16-2/h6-7,9,12H,4-5,8,15H2,1-3H3,(H,16,17). The molecule has 1 rings (SSSR count). The molecule has 18 heavy (non-hydrogen) atoms. The van der Waals surface area contributed by atoms with Gasteiger partial charge >= 0.3 is 0 Å². The molecule has 0 saturated heterocycles. The molecule has 0 aliphatic rings. The zero-order chi connectivity index (χ0) is 13.5. The minimum absolute atomic E-state index is 0.0352. The Kier molecular flexibility index (Phi) is 5.65. The first kappa shape index (κ1) is 14.5. The van der Waals surface area contributed by atoms with Crippen molar-refractivity contribution in [1.29, 1.82) is 0 Å². The lowest BCUT2D eigenvalue weighted by Crippen LogP contribution is -2.26. The second-order valence-electron chi connectivity index (χ2n) is 4.33. The Bertz CT molecular complexity index is 405. The molecule has 4 nitrogen and oxygen atoms in total. The fourth-order valence-corrected chi connectivity index (χ4v) is 2.06.